The average molecular weight is 423 g/mol. The number of hydrogen-bond acceptors (Lipinski definition) is 5. The lowest BCUT2D eigenvalue weighted by Gasteiger charge is -2.16. The fourth-order valence-corrected chi connectivity index (χ4v) is 4.80. The van der Waals surface area contributed by atoms with Crippen molar-refractivity contribution in [3.05, 3.63) is 79.6 Å². The molecule has 0 spiro atoms. The van der Waals surface area contributed by atoms with Crippen LogP contribution in [0.1, 0.15) is 28.8 Å². The van der Waals surface area contributed by atoms with E-state index in [9.17, 15) is 4.79 Å². The molecule has 0 aliphatic heterocycles. The van der Waals surface area contributed by atoms with Crippen LogP contribution in [-0.2, 0) is 19.4 Å². The highest BCUT2D eigenvalue weighted by molar-refractivity contribution is 7.15. The van der Waals surface area contributed by atoms with Crippen LogP contribution in [-0.4, -0.2) is 4.98 Å². The minimum absolute atomic E-state index is 0.306. The van der Waals surface area contributed by atoms with Gasteiger partial charge >= 0.3 is 5.63 Å². The lowest BCUT2D eigenvalue weighted by atomic mass is 9.89. The molecule has 0 bridgehead atoms. The molecule has 1 N–H and O–H groups in total. The molecule has 4 aromatic rings. The van der Waals surface area contributed by atoms with Crippen LogP contribution in [0, 0.1) is 0 Å². The number of aryl methyl sites for hydroxylation is 2. The van der Waals surface area contributed by atoms with E-state index in [0.29, 0.717) is 22.2 Å². The third-order valence-corrected chi connectivity index (χ3v) is 6.50. The Morgan fingerprint density at radius 1 is 1.07 bits per heavy atom. The van der Waals surface area contributed by atoms with E-state index >= 15 is 0 Å². The number of aromatic nitrogens is 1. The van der Waals surface area contributed by atoms with Gasteiger partial charge in [0.1, 0.15) is 5.58 Å². The zero-order chi connectivity index (χ0) is 19.8. The normalized spacial score (nSPS) is 13.4. The van der Waals surface area contributed by atoms with Gasteiger partial charge in [-0.2, -0.15) is 0 Å². The third-order valence-electron chi connectivity index (χ3n) is 5.39. The number of rotatable bonds is 4. The first-order valence-electron chi connectivity index (χ1n) is 9.70. The van der Waals surface area contributed by atoms with E-state index in [0.717, 1.165) is 34.4 Å². The molecular formula is C23H19ClN2O2S. The monoisotopic (exact) mass is 422 g/mol. The first kappa shape index (κ1) is 18.4. The van der Waals surface area contributed by atoms with Gasteiger partial charge in [0.25, 0.3) is 0 Å². The second-order valence-corrected chi connectivity index (χ2v) is 9.02. The number of nitrogens with zero attached hydrogens (tertiary/aromatic N) is 1. The number of nitrogens with one attached hydrogen (secondary N) is 1. The molecule has 2 heterocycles. The van der Waals surface area contributed by atoms with Gasteiger partial charge in [0, 0.05) is 28.2 Å². The van der Waals surface area contributed by atoms with Gasteiger partial charge in [-0.3, -0.25) is 0 Å². The Labute approximate surface area is 177 Å². The summed E-state index contributed by atoms with van der Waals surface area (Å²) in [6, 6.07) is 14.1. The van der Waals surface area contributed by atoms with E-state index in [1.54, 1.807) is 6.20 Å². The van der Waals surface area contributed by atoms with E-state index < -0.39 is 0 Å². The van der Waals surface area contributed by atoms with Crippen molar-refractivity contribution in [2.45, 2.75) is 32.2 Å². The molecule has 0 saturated carbocycles. The topological polar surface area (TPSA) is 55.1 Å². The number of fused-ring (bicyclic) bond motifs is 2. The molecular weight excluding hydrogens is 404 g/mol. The molecule has 5 rings (SSSR count). The molecule has 146 valence electrons. The van der Waals surface area contributed by atoms with Crippen LogP contribution in [0.15, 0.2) is 57.9 Å². The Morgan fingerprint density at radius 3 is 2.76 bits per heavy atom. The van der Waals surface area contributed by atoms with Crippen molar-refractivity contribution in [3.8, 4) is 11.1 Å². The highest BCUT2D eigenvalue weighted by Gasteiger charge is 2.13. The summed E-state index contributed by atoms with van der Waals surface area (Å²) in [6.45, 7) is 0.618. The molecule has 0 fully saturated rings. The summed E-state index contributed by atoms with van der Waals surface area (Å²) in [5, 5.41) is 4.22. The van der Waals surface area contributed by atoms with Crippen LogP contribution >= 0.6 is 22.9 Å². The minimum atomic E-state index is -0.306. The predicted molar refractivity (Wildman–Crippen MR) is 119 cm³/mol. The van der Waals surface area contributed by atoms with Gasteiger partial charge in [-0.1, -0.05) is 29.8 Å². The maximum absolute atomic E-state index is 12.7. The Bertz CT molecular complexity index is 1260. The molecule has 0 amide bonds. The maximum Gasteiger partial charge on any atom is 0.344 e. The first-order valence-corrected chi connectivity index (χ1v) is 10.9. The lowest BCUT2D eigenvalue weighted by molar-refractivity contribution is 0.563. The van der Waals surface area contributed by atoms with E-state index in [1.807, 2.05) is 30.3 Å². The summed E-state index contributed by atoms with van der Waals surface area (Å²) in [4.78, 5) is 17.8. The van der Waals surface area contributed by atoms with Gasteiger partial charge in [-0.15, -0.1) is 11.3 Å². The number of halogens is 1. The van der Waals surface area contributed by atoms with Gasteiger partial charge < -0.3 is 9.73 Å². The molecule has 2 aromatic carbocycles. The summed E-state index contributed by atoms with van der Waals surface area (Å²) < 4.78 is 6.19. The summed E-state index contributed by atoms with van der Waals surface area (Å²) in [6.07, 6.45) is 6.43. The van der Waals surface area contributed by atoms with E-state index in [2.05, 4.69) is 22.4 Å². The fourth-order valence-electron chi connectivity index (χ4n) is 3.88. The largest absolute Gasteiger partial charge is 0.422 e. The smallest absolute Gasteiger partial charge is 0.344 e. The van der Waals surface area contributed by atoms with Crippen molar-refractivity contribution in [2.75, 3.05) is 5.32 Å². The summed E-state index contributed by atoms with van der Waals surface area (Å²) >= 11 is 7.31. The molecule has 2 aromatic heterocycles. The molecule has 1 aliphatic carbocycles. The quantitative estimate of drug-likeness (QED) is 0.406. The van der Waals surface area contributed by atoms with Crippen molar-refractivity contribution in [1.82, 2.24) is 4.98 Å². The molecule has 0 atom stereocenters. The molecule has 4 nitrogen and oxygen atoms in total. The standard InChI is InChI=1S/C23H19ClN2O2S/c24-23-26-13-19(29-23)12-25-18-8-7-17-10-20(22(27)28-21(17)11-18)16-6-5-14-3-1-2-4-15(14)9-16/h5-11,13,25H,1-4,12H2. The average Bonchev–Trinajstić information content (AvgIpc) is 3.16. The van der Waals surface area contributed by atoms with Gasteiger partial charge in [0.2, 0.25) is 0 Å². The summed E-state index contributed by atoms with van der Waals surface area (Å²) in [5.74, 6) is 0. The Balaban J connectivity index is 1.44. The Morgan fingerprint density at radius 2 is 1.93 bits per heavy atom. The zero-order valence-corrected chi connectivity index (χ0v) is 17.3. The first-order chi connectivity index (χ1) is 14.2. The van der Waals surface area contributed by atoms with Gasteiger partial charge in [0.05, 0.1) is 12.1 Å². The minimum Gasteiger partial charge on any atom is -0.422 e. The van der Waals surface area contributed by atoms with Crippen molar-refractivity contribution in [2.24, 2.45) is 0 Å². The van der Waals surface area contributed by atoms with Crippen LogP contribution in [0.25, 0.3) is 22.1 Å². The third kappa shape index (κ3) is 3.80. The second-order valence-electron chi connectivity index (χ2n) is 7.32. The van der Waals surface area contributed by atoms with Crippen LogP contribution in [0.5, 0.6) is 0 Å². The number of anilines is 1. The van der Waals surface area contributed by atoms with Crippen molar-refractivity contribution in [1.29, 1.82) is 0 Å². The van der Waals surface area contributed by atoms with Crippen LogP contribution in [0.4, 0.5) is 5.69 Å². The molecule has 0 radical (unpaired) electrons. The highest BCUT2D eigenvalue weighted by Crippen LogP contribution is 2.28. The number of hydrogen-bond donors (Lipinski definition) is 1. The molecule has 1 aliphatic rings. The van der Waals surface area contributed by atoms with E-state index in [4.69, 9.17) is 16.0 Å². The maximum atomic E-state index is 12.7. The zero-order valence-electron chi connectivity index (χ0n) is 15.7. The SMILES string of the molecule is O=c1oc2cc(NCc3cnc(Cl)s3)ccc2cc1-c1ccc2c(c1)CCCC2. The second kappa shape index (κ2) is 7.65. The fraction of sp³-hybridized carbons (Fsp3) is 0.217. The molecule has 0 saturated heterocycles. The van der Waals surface area contributed by atoms with Crippen molar-refractivity contribution < 1.29 is 4.42 Å². The van der Waals surface area contributed by atoms with Gasteiger partial charge in [0.15, 0.2) is 4.47 Å². The van der Waals surface area contributed by atoms with Crippen LogP contribution in [0.3, 0.4) is 0 Å². The summed E-state index contributed by atoms with van der Waals surface area (Å²) in [7, 11) is 0. The molecule has 6 heteroatoms. The number of benzene rings is 2. The van der Waals surface area contributed by atoms with E-state index in [1.165, 1.54) is 35.3 Å². The lowest BCUT2D eigenvalue weighted by Crippen LogP contribution is -2.06. The number of thiazole rings is 1. The predicted octanol–water partition coefficient (Wildman–Crippen LogP) is 6.06. The molecule has 29 heavy (non-hydrogen) atoms. The van der Waals surface area contributed by atoms with Gasteiger partial charge in [-0.05, 0) is 60.6 Å². The van der Waals surface area contributed by atoms with Crippen molar-refractivity contribution in [3.63, 3.8) is 0 Å². The van der Waals surface area contributed by atoms with Crippen LogP contribution in [0.2, 0.25) is 4.47 Å². The Hall–Kier alpha value is -2.63. The highest BCUT2D eigenvalue weighted by atomic mass is 35.5. The van der Waals surface area contributed by atoms with E-state index in [-0.39, 0.29) is 5.63 Å². The van der Waals surface area contributed by atoms with Crippen molar-refractivity contribution >= 4 is 39.6 Å². The van der Waals surface area contributed by atoms with Crippen LogP contribution < -0.4 is 10.9 Å². The van der Waals surface area contributed by atoms with Gasteiger partial charge in [-0.25, -0.2) is 9.78 Å². The summed E-state index contributed by atoms with van der Waals surface area (Å²) in [5.41, 5.74) is 5.46. The molecule has 0 unspecified atom stereocenters. The Kier molecular flexibility index (Phi) is 4.86.